The van der Waals surface area contributed by atoms with Crippen LogP contribution >= 0.6 is 15.9 Å². The molecule has 0 aliphatic carbocycles. The van der Waals surface area contributed by atoms with Crippen LogP contribution in [0, 0.1) is 0 Å². The molecule has 0 bridgehead atoms. The number of hydrogen-bond donors (Lipinski definition) is 0. The number of benzene rings is 1. The van der Waals surface area contributed by atoms with Crippen LogP contribution in [-0.2, 0) is 4.74 Å². The van der Waals surface area contributed by atoms with E-state index < -0.39 is 0 Å². The van der Waals surface area contributed by atoms with Crippen LogP contribution in [-0.4, -0.2) is 12.7 Å². The van der Waals surface area contributed by atoms with Gasteiger partial charge in [0.2, 0.25) is 0 Å². The molecule has 1 heterocycles. The van der Waals surface area contributed by atoms with Crippen LogP contribution in [0.5, 0.6) is 0 Å². The molecule has 1 aliphatic heterocycles. The van der Waals surface area contributed by atoms with Crippen molar-refractivity contribution in [1.29, 1.82) is 0 Å². The van der Waals surface area contributed by atoms with Gasteiger partial charge in [-0.15, -0.1) is 0 Å². The fraction of sp³-hybridized carbons (Fsp3) is 0.500. The second-order valence-electron chi connectivity index (χ2n) is 3.75. The lowest BCUT2D eigenvalue weighted by molar-refractivity contribution is 0.104. The monoisotopic (exact) mass is 254 g/mol. The largest absolute Gasteiger partial charge is 0.378 e. The van der Waals surface area contributed by atoms with E-state index in [9.17, 15) is 0 Å². The lowest BCUT2D eigenvalue weighted by Gasteiger charge is -2.14. The van der Waals surface area contributed by atoms with Gasteiger partial charge in [-0.2, -0.15) is 0 Å². The Morgan fingerprint density at radius 3 is 2.79 bits per heavy atom. The minimum Gasteiger partial charge on any atom is -0.378 e. The average molecular weight is 255 g/mol. The van der Waals surface area contributed by atoms with Gasteiger partial charge in [-0.1, -0.05) is 46.3 Å². The molecule has 1 saturated heterocycles. The summed E-state index contributed by atoms with van der Waals surface area (Å²) in [5.74, 6) is 0. The standard InChI is InChI=1S/C12H15BrO/c13-12(9-11-7-4-8-14-11)10-5-2-1-3-6-10/h1-3,5-6,11-12H,4,7-9H2. The number of rotatable bonds is 3. The van der Waals surface area contributed by atoms with Gasteiger partial charge in [0, 0.05) is 11.4 Å². The van der Waals surface area contributed by atoms with Crippen LogP contribution in [0.15, 0.2) is 30.3 Å². The molecule has 2 atom stereocenters. The van der Waals surface area contributed by atoms with Gasteiger partial charge >= 0.3 is 0 Å². The zero-order chi connectivity index (χ0) is 9.80. The van der Waals surface area contributed by atoms with Gasteiger partial charge < -0.3 is 4.74 Å². The van der Waals surface area contributed by atoms with Crippen molar-refractivity contribution in [3.63, 3.8) is 0 Å². The molecule has 0 amide bonds. The predicted octanol–water partition coefficient (Wildman–Crippen LogP) is 3.69. The Morgan fingerprint density at radius 1 is 1.36 bits per heavy atom. The van der Waals surface area contributed by atoms with Crippen LogP contribution in [0.25, 0.3) is 0 Å². The summed E-state index contributed by atoms with van der Waals surface area (Å²) in [4.78, 5) is 0.437. The van der Waals surface area contributed by atoms with Gasteiger partial charge in [0.05, 0.1) is 6.10 Å². The highest BCUT2D eigenvalue weighted by atomic mass is 79.9. The van der Waals surface area contributed by atoms with Crippen LogP contribution < -0.4 is 0 Å². The molecule has 1 aliphatic rings. The molecule has 2 rings (SSSR count). The minimum absolute atomic E-state index is 0.437. The normalized spacial score (nSPS) is 23.6. The third kappa shape index (κ3) is 2.58. The number of ether oxygens (including phenoxy) is 1. The summed E-state index contributed by atoms with van der Waals surface area (Å²) in [6, 6.07) is 10.5. The van der Waals surface area contributed by atoms with Crippen molar-refractivity contribution in [2.75, 3.05) is 6.61 Å². The highest BCUT2D eigenvalue weighted by Crippen LogP contribution is 2.31. The highest BCUT2D eigenvalue weighted by molar-refractivity contribution is 9.09. The van der Waals surface area contributed by atoms with E-state index >= 15 is 0 Å². The molecular weight excluding hydrogens is 240 g/mol. The lowest BCUT2D eigenvalue weighted by Crippen LogP contribution is -2.07. The Balaban J connectivity index is 1.92. The van der Waals surface area contributed by atoms with Crippen molar-refractivity contribution >= 4 is 15.9 Å². The average Bonchev–Trinajstić information content (AvgIpc) is 2.72. The van der Waals surface area contributed by atoms with Crippen molar-refractivity contribution < 1.29 is 4.74 Å². The molecule has 0 N–H and O–H groups in total. The third-order valence-electron chi connectivity index (χ3n) is 2.66. The maximum atomic E-state index is 5.62. The van der Waals surface area contributed by atoms with E-state index in [4.69, 9.17) is 4.74 Å². The quantitative estimate of drug-likeness (QED) is 0.748. The molecule has 2 heteroatoms. The first-order chi connectivity index (χ1) is 6.86. The Bertz CT molecular complexity index is 267. The summed E-state index contributed by atoms with van der Waals surface area (Å²) < 4.78 is 5.62. The topological polar surface area (TPSA) is 9.23 Å². The van der Waals surface area contributed by atoms with E-state index in [1.54, 1.807) is 0 Å². The highest BCUT2D eigenvalue weighted by Gasteiger charge is 2.19. The second kappa shape index (κ2) is 4.94. The first-order valence-corrected chi connectivity index (χ1v) is 6.08. The van der Waals surface area contributed by atoms with Gasteiger partial charge in [0.15, 0.2) is 0 Å². The first kappa shape index (κ1) is 10.2. The van der Waals surface area contributed by atoms with E-state index in [0.717, 1.165) is 13.0 Å². The number of alkyl halides is 1. The molecule has 0 radical (unpaired) electrons. The van der Waals surface area contributed by atoms with Crippen molar-refractivity contribution in [2.45, 2.75) is 30.2 Å². The van der Waals surface area contributed by atoms with Crippen molar-refractivity contribution in [3.8, 4) is 0 Å². The van der Waals surface area contributed by atoms with Crippen molar-refractivity contribution in [3.05, 3.63) is 35.9 Å². The molecule has 1 aromatic rings. The summed E-state index contributed by atoms with van der Waals surface area (Å²) >= 11 is 3.72. The van der Waals surface area contributed by atoms with Crippen molar-refractivity contribution in [2.24, 2.45) is 0 Å². The zero-order valence-electron chi connectivity index (χ0n) is 8.16. The molecule has 76 valence electrons. The number of hydrogen-bond acceptors (Lipinski definition) is 1. The SMILES string of the molecule is BrC(CC1CCCO1)c1ccccc1. The van der Waals surface area contributed by atoms with E-state index in [0.29, 0.717) is 10.9 Å². The van der Waals surface area contributed by atoms with E-state index in [2.05, 4.69) is 46.3 Å². The van der Waals surface area contributed by atoms with Crippen LogP contribution in [0.2, 0.25) is 0 Å². The molecule has 0 saturated carbocycles. The Labute approximate surface area is 93.6 Å². The lowest BCUT2D eigenvalue weighted by atomic mass is 10.1. The van der Waals surface area contributed by atoms with Gasteiger partial charge in [-0.05, 0) is 24.8 Å². The van der Waals surface area contributed by atoms with Gasteiger partial charge in [-0.3, -0.25) is 0 Å². The molecule has 14 heavy (non-hydrogen) atoms. The van der Waals surface area contributed by atoms with Gasteiger partial charge in [0.25, 0.3) is 0 Å². The third-order valence-corrected chi connectivity index (χ3v) is 3.56. The van der Waals surface area contributed by atoms with Crippen molar-refractivity contribution in [1.82, 2.24) is 0 Å². The van der Waals surface area contributed by atoms with E-state index in [-0.39, 0.29) is 0 Å². The molecule has 2 unspecified atom stereocenters. The Kier molecular flexibility index (Phi) is 3.60. The fourth-order valence-electron chi connectivity index (χ4n) is 1.86. The van der Waals surface area contributed by atoms with E-state index in [1.165, 1.54) is 18.4 Å². The molecule has 0 spiro atoms. The molecule has 1 fully saturated rings. The predicted molar refractivity (Wildman–Crippen MR) is 61.7 cm³/mol. The number of halogens is 1. The molecule has 1 aromatic carbocycles. The summed E-state index contributed by atoms with van der Waals surface area (Å²) in [5, 5.41) is 0. The minimum atomic E-state index is 0.437. The first-order valence-electron chi connectivity index (χ1n) is 5.17. The maximum absolute atomic E-state index is 5.62. The van der Waals surface area contributed by atoms with E-state index in [1.807, 2.05) is 0 Å². The summed E-state index contributed by atoms with van der Waals surface area (Å²) in [7, 11) is 0. The summed E-state index contributed by atoms with van der Waals surface area (Å²) in [6.45, 7) is 0.944. The fourth-order valence-corrected chi connectivity index (χ4v) is 2.58. The molecule has 0 aromatic heterocycles. The molecule has 1 nitrogen and oxygen atoms in total. The Hall–Kier alpha value is -0.340. The summed E-state index contributed by atoms with van der Waals surface area (Å²) in [5.41, 5.74) is 1.35. The van der Waals surface area contributed by atoms with Crippen LogP contribution in [0.3, 0.4) is 0 Å². The molecular formula is C12H15BrO. The summed E-state index contributed by atoms with van der Waals surface area (Å²) in [6.07, 6.45) is 3.98. The zero-order valence-corrected chi connectivity index (χ0v) is 9.74. The Morgan fingerprint density at radius 2 is 2.14 bits per heavy atom. The van der Waals surface area contributed by atoms with Gasteiger partial charge in [0.1, 0.15) is 0 Å². The second-order valence-corrected chi connectivity index (χ2v) is 4.85. The van der Waals surface area contributed by atoms with Crippen LogP contribution in [0.1, 0.15) is 29.7 Å². The smallest absolute Gasteiger partial charge is 0.0589 e. The maximum Gasteiger partial charge on any atom is 0.0589 e. The van der Waals surface area contributed by atoms with Gasteiger partial charge in [-0.25, -0.2) is 0 Å². The van der Waals surface area contributed by atoms with Crippen LogP contribution in [0.4, 0.5) is 0 Å².